The van der Waals surface area contributed by atoms with E-state index in [1.807, 2.05) is 12.1 Å². The summed E-state index contributed by atoms with van der Waals surface area (Å²) in [5.41, 5.74) is 2.29. The van der Waals surface area contributed by atoms with Crippen molar-refractivity contribution in [3.63, 3.8) is 0 Å². The molecule has 3 rings (SSSR count). The number of benzene rings is 2. The van der Waals surface area contributed by atoms with Gasteiger partial charge in [0.05, 0.1) is 31.5 Å². The van der Waals surface area contributed by atoms with E-state index in [0.717, 1.165) is 5.56 Å². The molecule has 0 radical (unpaired) electrons. The molecule has 0 amide bonds. The monoisotopic (exact) mass is 372 g/mol. The molecule has 1 unspecified atom stereocenters. The molecule has 0 fully saturated rings. The van der Waals surface area contributed by atoms with Crippen LogP contribution in [-0.2, 0) is 9.53 Å². The lowest BCUT2D eigenvalue weighted by Crippen LogP contribution is -2.45. The van der Waals surface area contributed by atoms with Crippen LogP contribution in [0.5, 0.6) is 5.75 Å². The fourth-order valence-corrected chi connectivity index (χ4v) is 3.00. The molecule has 134 valence electrons. The first-order valence-electron chi connectivity index (χ1n) is 7.83. The molecule has 2 N–H and O–H groups in total. The largest absolute Gasteiger partial charge is 0.497 e. The standard InChI is InChI=1S/C19H17FN2O3S/c1-24-14-9-5-12(6-10-14)17-15(18(23)25-2)16(21-19(26)22-17)11-3-7-13(20)8-4-11/h3-10,17H,1-2H3,(H2,21,22,26). The number of hydrogen-bond acceptors (Lipinski definition) is 4. The van der Waals surface area contributed by atoms with Crippen molar-refractivity contribution in [3.8, 4) is 5.75 Å². The molecule has 7 heteroatoms. The molecule has 0 saturated carbocycles. The summed E-state index contributed by atoms with van der Waals surface area (Å²) >= 11 is 5.30. The molecule has 0 bridgehead atoms. The van der Waals surface area contributed by atoms with Crippen LogP contribution in [0.15, 0.2) is 54.1 Å². The van der Waals surface area contributed by atoms with Gasteiger partial charge in [-0.2, -0.15) is 0 Å². The summed E-state index contributed by atoms with van der Waals surface area (Å²) in [6, 6.07) is 12.6. The lowest BCUT2D eigenvalue weighted by atomic mass is 9.93. The molecular weight excluding hydrogens is 355 g/mol. The van der Waals surface area contributed by atoms with E-state index in [0.29, 0.717) is 27.7 Å². The summed E-state index contributed by atoms with van der Waals surface area (Å²) in [7, 11) is 2.90. The first-order valence-corrected chi connectivity index (χ1v) is 8.24. The highest BCUT2D eigenvalue weighted by molar-refractivity contribution is 7.80. The Kier molecular flexibility index (Phi) is 5.18. The van der Waals surface area contributed by atoms with Gasteiger partial charge >= 0.3 is 5.97 Å². The highest BCUT2D eigenvalue weighted by Crippen LogP contribution is 2.32. The number of thiocarbonyl (C=S) groups is 1. The Balaban J connectivity index is 2.14. The fourth-order valence-electron chi connectivity index (χ4n) is 2.79. The lowest BCUT2D eigenvalue weighted by molar-refractivity contribution is -0.136. The molecule has 1 aliphatic heterocycles. The van der Waals surface area contributed by atoms with E-state index in [9.17, 15) is 9.18 Å². The second-order valence-corrected chi connectivity index (χ2v) is 6.00. The molecule has 0 spiro atoms. The van der Waals surface area contributed by atoms with Crippen LogP contribution in [0, 0.1) is 5.82 Å². The molecule has 1 heterocycles. The molecule has 0 saturated heterocycles. The van der Waals surface area contributed by atoms with E-state index in [2.05, 4.69) is 10.6 Å². The number of esters is 1. The van der Waals surface area contributed by atoms with Crippen molar-refractivity contribution < 1.29 is 18.7 Å². The van der Waals surface area contributed by atoms with Gasteiger partial charge in [0.15, 0.2) is 5.11 Å². The van der Waals surface area contributed by atoms with Gasteiger partial charge in [-0.3, -0.25) is 0 Å². The molecule has 5 nitrogen and oxygen atoms in total. The maximum Gasteiger partial charge on any atom is 0.338 e. The van der Waals surface area contributed by atoms with Crippen LogP contribution in [0.4, 0.5) is 4.39 Å². The van der Waals surface area contributed by atoms with Crippen LogP contribution in [0.3, 0.4) is 0 Å². The van der Waals surface area contributed by atoms with Gasteiger partial charge in [0.2, 0.25) is 0 Å². The van der Waals surface area contributed by atoms with Gasteiger partial charge in [-0.05, 0) is 59.7 Å². The van der Waals surface area contributed by atoms with Crippen LogP contribution < -0.4 is 15.4 Å². The van der Waals surface area contributed by atoms with Crippen LogP contribution in [-0.4, -0.2) is 25.3 Å². The number of hydrogen-bond donors (Lipinski definition) is 2. The van der Waals surface area contributed by atoms with Crippen molar-refractivity contribution in [2.75, 3.05) is 14.2 Å². The Labute approximate surface area is 155 Å². The Bertz CT molecular complexity index is 863. The first-order chi connectivity index (χ1) is 12.5. The second-order valence-electron chi connectivity index (χ2n) is 5.59. The highest BCUT2D eigenvalue weighted by atomic mass is 32.1. The minimum atomic E-state index is -0.512. The zero-order valence-corrected chi connectivity index (χ0v) is 15.0. The first kappa shape index (κ1) is 17.9. The van der Waals surface area contributed by atoms with Crippen LogP contribution >= 0.6 is 12.2 Å². The van der Waals surface area contributed by atoms with Gasteiger partial charge in [-0.1, -0.05) is 12.1 Å². The maximum atomic E-state index is 13.3. The summed E-state index contributed by atoms with van der Waals surface area (Å²) in [5, 5.41) is 6.44. The third kappa shape index (κ3) is 3.52. The quantitative estimate of drug-likeness (QED) is 0.636. The summed E-state index contributed by atoms with van der Waals surface area (Å²) in [4.78, 5) is 12.5. The minimum absolute atomic E-state index is 0.359. The maximum absolute atomic E-state index is 13.3. The fraction of sp³-hybridized carbons (Fsp3) is 0.158. The summed E-state index contributed by atoms with van der Waals surface area (Å²) in [5.74, 6) is -0.169. The number of methoxy groups -OCH3 is 2. The van der Waals surface area contributed by atoms with Gasteiger partial charge < -0.3 is 20.1 Å². The van der Waals surface area contributed by atoms with E-state index < -0.39 is 12.0 Å². The normalized spacial score (nSPS) is 16.6. The zero-order valence-electron chi connectivity index (χ0n) is 14.2. The number of ether oxygens (including phenoxy) is 2. The SMILES string of the molecule is COC(=O)C1=C(c2ccc(F)cc2)NC(=S)NC1c1ccc(OC)cc1. The Morgan fingerprint density at radius 1 is 1.08 bits per heavy atom. The van der Waals surface area contributed by atoms with Crippen LogP contribution in [0.2, 0.25) is 0 Å². The lowest BCUT2D eigenvalue weighted by Gasteiger charge is -2.31. The van der Waals surface area contributed by atoms with E-state index in [1.54, 1.807) is 31.4 Å². The third-order valence-electron chi connectivity index (χ3n) is 4.06. The molecule has 2 aromatic carbocycles. The average Bonchev–Trinajstić information content (AvgIpc) is 2.67. The van der Waals surface area contributed by atoms with Crippen molar-refractivity contribution in [1.82, 2.24) is 10.6 Å². The predicted octanol–water partition coefficient (Wildman–Crippen LogP) is 2.94. The molecule has 26 heavy (non-hydrogen) atoms. The van der Waals surface area contributed by atoms with Gasteiger partial charge in [-0.25, -0.2) is 9.18 Å². The average molecular weight is 372 g/mol. The van der Waals surface area contributed by atoms with Crippen LogP contribution in [0.1, 0.15) is 17.2 Å². The van der Waals surface area contributed by atoms with E-state index in [1.165, 1.54) is 19.2 Å². The summed E-state index contributed by atoms with van der Waals surface area (Å²) in [6.45, 7) is 0. The molecular formula is C19H17FN2O3S. The molecule has 0 aromatic heterocycles. The Morgan fingerprint density at radius 3 is 2.31 bits per heavy atom. The van der Waals surface area contributed by atoms with Crippen molar-refractivity contribution in [3.05, 3.63) is 71.0 Å². The number of carbonyl (C=O) groups is 1. The second kappa shape index (κ2) is 7.53. The molecule has 0 aliphatic carbocycles. The Morgan fingerprint density at radius 2 is 1.73 bits per heavy atom. The molecule has 2 aromatic rings. The molecule has 1 atom stereocenters. The summed E-state index contributed by atoms with van der Waals surface area (Å²) in [6.07, 6.45) is 0. The van der Waals surface area contributed by atoms with Crippen LogP contribution in [0.25, 0.3) is 5.70 Å². The minimum Gasteiger partial charge on any atom is -0.497 e. The number of halogens is 1. The molecule has 1 aliphatic rings. The van der Waals surface area contributed by atoms with Gasteiger partial charge in [-0.15, -0.1) is 0 Å². The Hall–Kier alpha value is -2.93. The van der Waals surface area contributed by atoms with Crippen molar-refractivity contribution in [1.29, 1.82) is 0 Å². The van der Waals surface area contributed by atoms with Gasteiger partial charge in [0, 0.05) is 0 Å². The zero-order chi connectivity index (χ0) is 18.7. The van der Waals surface area contributed by atoms with Gasteiger partial charge in [0.25, 0.3) is 0 Å². The smallest absolute Gasteiger partial charge is 0.338 e. The van der Waals surface area contributed by atoms with Gasteiger partial charge in [0.1, 0.15) is 11.6 Å². The number of nitrogens with one attached hydrogen (secondary N) is 2. The number of rotatable bonds is 4. The van der Waals surface area contributed by atoms with Crippen molar-refractivity contribution in [2.24, 2.45) is 0 Å². The highest BCUT2D eigenvalue weighted by Gasteiger charge is 2.32. The predicted molar refractivity (Wildman–Crippen MR) is 99.9 cm³/mol. The van der Waals surface area contributed by atoms with Crippen molar-refractivity contribution in [2.45, 2.75) is 6.04 Å². The summed E-state index contributed by atoms with van der Waals surface area (Å²) < 4.78 is 23.4. The third-order valence-corrected chi connectivity index (χ3v) is 4.28. The topological polar surface area (TPSA) is 59.6 Å². The van der Waals surface area contributed by atoms with E-state index in [4.69, 9.17) is 21.7 Å². The number of carbonyl (C=O) groups excluding carboxylic acids is 1. The van der Waals surface area contributed by atoms with E-state index >= 15 is 0 Å². The van der Waals surface area contributed by atoms with E-state index in [-0.39, 0.29) is 5.82 Å². The van der Waals surface area contributed by atoms with Crippen molar-refractivity contribution >= 4 is 29.0 Å².